The number of anilines is 1. The average Bonchev–Trinajstić information content (AvgIpc) is 3.65. The standard InChI is InChI=1S/C25H24F3N9O3/c1-11(38)18-19(13-6-14-3-4-15(7-13)36(14)24(40)22-31-10-32-35-22)34-23-16(9-33-37(23)21(18)29)12-2-5-17(30-8-12)20(39)25(26,27)28/h2,5,8-10,13-15,20,39H,3-4,6-7,29H2,1H3,(H,31,32,35)/t13-,14-,15+,20?. The van der Waals surface area contributed by atoms with Crippen LogP contribution in [0.15, 0.2) is 30.9 Å². The van der Waals surface area contributed by atoms with Gasteiger partial charge in [-0.2, -0.15) is 22.8 Å². The number of hydrogen-bond donors (Lipinski definition) is 3. The maximum atomic E-state index is 13.1. The molecule has 6 rings (SSSR count). The van der Waals surface area contributed by atoms with E-state index in [0.717, 1.165) is 18.9 Å². The normalized spacial score (nSPS) is 21.6. The Morgan fingerprint density at radius 2 is 1.90 bits per heavy atom. The van der Waals surface area contributed by atoms with Crippen LogP contribution in [0.2, 0.25) is 0 Å². The number of Topliss-reactive ketones (excluding diaryl/α,β-unsaturated/α-hetero) is 1. The number of nitrogen functional groups attached to an aromatic ring is 1. The molecule has 1 amide bonds. The van der Waals surface area contributed by atoms with Gasteiger partial charge in [-0.25, -0.2) is 4.98 Å². The fourth-order valence-corrected chi connectivity index (χ4v) is 5.95. The van der Waals surface area contributed by atoms with Crippen molar-refractivity contribution >= 4 is 23.2 Å². The molecule has 2 fully saturated rings. The first-order valence-corrected chi connectivity index (χ1v) is 12.6. The van der Waals surface area contributed by atoms with E-state index < -0.39 is 18.0 Å². The molecule has 40 heavy (non-hydrogen) atoms. The number of H-pyrrole nitrogens is 1. The van der Waals surface area contributed by atoms with Gasteiger partial charge in [0.25, 0.3) is 5.91 Å². The zero-order valence-electron chi connectivity index (χ0n) is 21.1. The number of aromatic amines is 1. The quantitative estimate of drug-likeness (QED) is 0.314. The first kappa shape index (κ1) is 25.9. The first-order valence-electron chi connectivity index (χ1n) is 12.6. The number of piperidine rings is 1. The number of carbonyl (C=O) groups excluding carboxylic acids is 2. The van der Waals surface area contributed by atoms with Gasteiger partial charge in [-0.05, 0) is 38.7 Å². The molecule has 2 saturated heterocycles. The number of halogens is 3. The van der Waals surface area contributed by atoms with Crippen LogP contribution in [0, 0.1) is 0 Å². The molecule has 4 atom stereocenters. The number of carbonyl (C=O) groups is 2. The smallest absolute Gasteiger partial charge is 0.383 e. The van der Waals surface area contributed by atoms with Gasteiger partial charge in [-0.3, -0.25) is 14.6 Å². The SMILES string of the molecule is CC(=O)c1c([C@@H]2C[C@H]3CC[C@@H](C2)N3C(=O)c2nnc[nH]2)nc2c(-c3ccc(C(O)C(F)(F)F)nc3)cnn2c1N. The van der Waals surface area contributed by atoms with Crippen molar-refractivity contribution in [1.82, 2.24) is 39.7 Å². The summed E-state index contributed by atoms with van der Waals surface area (Å²) in [6.07, 6.45) is -0.822. The molecule has 6 heterocycles. The highest BCUT2D eigenvalue weighted by Crippen LogP contribution is 2.45. The predicted octanol–water partition coefficient (Wildman–Crippen LogP) is 2.84. The number of nitrogens with zero attached hydrogens (tertiary/aromatic N) is 7. The number of nitrogens with two attached hydrogens (primary N) is 1. The molecule has 15 heteroatoms. The van der Waals surface area contributed by atoms with E-state index in [4.69, 9.17) is 10.7 Å². The van der Waals surface area contributed by atoms with E-state index in [1.165, 1.54) is 36.2 Å². The molecule has 4 N–H and O–H groups in total. The summed E-state index contributed by atoms with van der Waals surface area (Å²) in [6, 6.07) is 2.31. The van der Waals surface area contributed by atoms with Gasteiger partial charge in [-0.15, -0.1) is 10.2 Å². The van der Waals surface area contributed by atoms with Crippen LogP contribution in [-0.4, -0.2) is 74.7 Å². The number of pyridine rings is 1. The highest BCUT2D eigenvalue weighted by atomic mass is 19.4. The number of aromatic nitrogens is 7. The van der Waals surface area contributed by atoms with Gasteiger partial charge in [0.05, 0.1) is 23.1 Å². The molecular formula is C25H24F3N9O3. The number of alkyl halides is 3. The molecule has 2 bridgehead atoms. The van der Waals surface area contributed by atoms with E-state index >= 15 is 0 Å². The molecule has 4 aromatic heterocycles. The van der Waals surface area contributed by atoms with E-state index in [-0.39, 0.29) is 46.9 Å². The van der Waals surface area contributed by atoms with Gasteiger partial charge < -0.3 is 20.7 Å². The molecule has 0 spiro atoms. The summed E-state index contributed by atoms with van der Waals surface area (Å²) in [7, 11) is 0. The minimum Gasteiger partial charge on any atom is -0.383 e. The molecule has 2 aliphatic rings. The van der Waals surface area contributed by atoms with Crippen molar-refractivity contribution in [1.29, 1.82) is 0 Å². The summed E-state index contributed by atoms with van der Waals surface area (Å²) in [5.41, 5.74) is 7.83. The van der Waals surface area contributed by atoms with Crippen LogP contribution in [0.5, 0.6) is 0 Å². The summed E-state index contributed by atoms with van der Waals surface area (Å²) >= 11 is 0. The number of amides is 1. The Bertz CT molecular complexity index is 1590. The molecule has 2 aliphatic heterocycles. The Balaban J connectivity index is 1.37. The molecule has 0 aliphatic carbocycles. The lowest BCUT2D eigenvalue weighted by atomic mass is 9.85. The summed E-state index contributed by atoms with van der Waals surface area (Å²) in [5.74, 6) is -0.396. The van der Waals surface area contributed by atoms with E-state index in [1.54, 1.807) is 0 Å². The lowest BCUT2D eigenvalue weighted by Crippen LogP contribution is -2.46. The molecule has 0 saturated carbocycles. The second-order valence-electron chi connectivity index (χ2n) is 10.1. The number of aliphatic hydroxyl groups is 1. The van der Waals surface area contributed by atoms with Crippen LogP contribution in [0.25, 0.3) is 16.8 Å². The Labute approximate surface area is 224 Å². The first-order chi connectivity index (χ1) is 19.0. The van der Waals surface area contributed by atoms with Crippen molar-refractivity contribution in [2.75, 3.05) is 5.73 Å². The van der Waals surface area contributed by atoms with Crippen molar-refractivity contribution in [3.8, 4) is 11.1 Å². The van der Waals surface area contributed by atoms with E-state index in [1.807, 2.05) is 4.90 Å². The predicted molar refractivity (Wildman–Crippen MR) is 133 cm³/mol. The van der Waals surface area contributed by atoms with Crippen LogP contribution in [0.3, 0.4) is 0 Å². The zero-order chi connectivity index (χ0) is 28.3. The zero-order valence-corrected chi connectivity index (χ0v) is 21.1. The van der Waals surface area contributed by atoms with Crippen molar-refractivity contribution in [2.24, 2.45) is 0 Å². The lowest BCUT2D eigenvalue weighted by Gasteiger charge is -2.38. The molecule has 4 aromatic rings. The third-order valence-electron chi connectivity index (χ3n) is 7.72. The monoisotopic (exact) mass is 555 g/mol. The third kappa shape index (κ3) is 4.16. The second kappa shape index (κ2) is 9.36. The average molecular weight is 556 g/mol. The Morgan fingerprint density at radius 1 is 1.18 bits per heavy atom. The molecular weight excluding hydrogens is 531 g/mol. The lowest BCUT2D eigenvalue weighted by molar-refractivity contribution is -0.207. The number of aliphatic hydroxyl groups excluding tert-OH is 1. The second-order valence-corrected chi connectivity index (χ2v) is 10.1. The summed E-state index contributed by atoms with van der Waals surface area (Å²) in [4.78, 5) is 39.1. The van der Waals surface area contributed by atoms with Crippen molar-refractivity contribution < 1.29 is 27.9 Å². The highest BCUT2D eigenvalue weighted by Gasteiger charge is 2.46. The number of hydrogen-bond acceptors (Lipinski definition) is 9. The Kier molecular flexibility index (Phi) is 6.05. The molecule has 0 aromatic carbocycles. The molecule has 208 valence electrons. The van der Waals surface area contributed by atoms with Crippen LogP contribution in [0.1, 0.15) is 77.0 Å². The summed E-state index contributed by atoms with van der Waals surface area (Å²) < 4.78 is 40.0. The maximum Gasteiger partial charge on any atom is 0.420 e. The third-order valence-corrected chi connectivity index (χ3v) is 7.72. The number of rotatable bonds is 5. The fourth-order valence-electron chi connectivity index (χ4n) is 5.95. The number of nitrogens with one attached hydrogen (secondary N) is 1. The van der Waals surface area contributed by atoms with Crippen LogP contribution >= 0.6 is 0 Å². The summed E-state index contributed by atoms with van der Waals surface area (Å²) in [6.45, 7) is 1.40. The van der Waals surface area contributed by atoms with Gasteiger partial charge in [0.15, 0.2) is 17.5 Å². The van der Waals surface area contributed by atoms with Gasteiger partial charge >= 0.3 is 6.18 Å². The van der Waals surface area contributed by atoms with Gasteiger partial charge in [0, 0.05) is 35.3 Å². The molecule has 0 radical (unpaired) electrons. The van der Waals surface area contributed by atoms with Gasteiger partial charge in [0.1, 0.15) is 12.1 Å². The highest BCUT2D eigenvalue weighted by molar-refractivity contribution is 6.00. The van der Waals surface area contributed by atoms with Crippen molar-refractivity contribution in [3.05, 3.63) is 53.6 Å². The van der Waals surface area contributed by atoms with Crippen LogP contribution < -0.4 is 5.73 Å². The van der Waals surface area contributed by atoms with E-state index in [0.29, 0.717) is 35.3 Å². The Hall–Kier alpha value is -4.40. The molecule has 1 unspecified atom stereocenters. The topological polar surface area (TPSA) is 168 Å². The van der Waals surface area contributed by atoms with Crippen LogP contribution in [-0.2, 0) is 0 Å². The minimum absolute atomic E-state index is 0.0819. The van der Waals surface area contributed by atoms with Gasteiger partial charge in [-0.1, -0.05) is 6.07 Å². The minimum atomic E-state index is -4.85. The number of fused-ring (bicyclic) bond motifs is 3. The van der Waals surface area contributed by atoms with Crippen molar-refractivity contribution in [2.45, 2.75) is 62.9 Å². The maximum absolute atomic E-state index is 13.1. The van der Waals surface area contributed by atoms with Crippen LogP contribution in [0.4, 0.5) is 19.0 Å². The fraction of sp³-hybridized carbons (Fsp3) is 0.400. The number of ketones is 1. The largest absolute Gasteiger partial charge is 0.420 e. The Morgan fingerprint density at radius 3 is 2.48 bits per heavy atom. The van der Waals surface area contributed by atoms with E-state index in [9.17, 15) is 27.9 Å². The van der Waals surface area contributed by atoms with E-state index in [2.05, 4.69) is 25.3 Å². The van der Waals surface area contributed by atoms with Gasteiger partial charge in [0.2, 0.25) is 5.82 Å². The molecule has 12 nitrogen and oxygen atoms in total. The van der Waals surface area contributed by atoms with Crippen molar-refractivity contribution in [3.63, 3.8) is 0 Å². The summed E-state index contributed by atoms with van der Waals surface area (Å²) in [5, 5.41) is 21.3.